The minimum absolute atomic E-state index is 0.0186. The van der Waals surface area contributed by atoms with Crippen LogP contribution in [0.2, 0.25) is 0 Å². The Bertz CT molecular complexity index is 792. The topological polar surface area (TPSA) is 85.6 Å². The largest absolute Gasteiger partial charge is 0.479 e. The van der Waals surface area contributed by atoms with E-state index in [1.165, 1.54) is 7.11 Å². The molecule has 6 heteroatoms. The van der Waals surface area contributed by atoms with Crippen LogP contribution in [0.25, 0.3) is 0 Å². The predicted octanol–water partition coefficient (Wildman–Crippen LogP) is 2.86. The second kappa shape index (κ2) is 8.50. The van der Waals surface area contributed by atoms with Gasteiger partial charge >= 0.3 is 11.9 Å². The van der Waals surface area contributed by atoms with Crippen molar-refractivity contribution in [1.29, 1.82) is 5.26 Å². The van der Waals surface area contributed by atoms with Crippen LogP contribution in [0.15, 0.2) is 48.5 Å². The van der Waals surface area contributed by atoms with Crippen LogP contribution in [0.5, 0.6) is 5.75 Å². The summed E-state index contributed by atoms with van der Waals surface area (Å²) in [6.07, 6.45) is -0.809. The number of hydrogen-bond donors (Lipinski definition) is 0. The summed E-state index contributed by atoms with van der Waals surface area (Å²) in [4.78, 5) is 23.5. The number of hydrogen-bond acceptors (Lipinski definition) is 6. The maximum atomic E-state index is 12.0. The zero-order valence-electron chi connectivity index (χ0n) is 13.9. The van der Waals surface area contributed by atoms with Crippen molar-refractivity contribution in [3.8, 4) is 11.8 Å². The summed E-state index contributed by atoms with van der Waals surface area (Å²) in [7, 11) is 1.30. The molecule has 0 saturated carbocycles. The highest BCUT2D eigenvalue weighted by molar-refractivity contribution is 5.89. The van der Waals surface area contributed by atoms with Gasteiger partial charge in [-0.1, -0.05) is 12.1 Å². The number of rotatable bonds is 6. The van der Waals surface area contributed by atoms with E-state index in [0.717, 1.165) is 0 Å². The number of carbonyl (C=O) groups is 2. The Labute approximate surface area is 145 Å². The van der Waals surface area contributed by atoms with E-state index in [1.54, 1.807) is 55.5 Å². The molecule has 0 fully saturated rings. The Morgan fingerprint density at radius 2 is 1.88 bits per heavy atom. The summed E-state index contributed by atoms with van der Waals surface area (Å²) in [6.45, 7) is 1.59. The maximum Gasteiger partial charge on any atom is 0.347 e. The van der Waals surface area contributed by atoms with E-state index in [4.69, 9.17) is 14.7 Å². The zero-order chi connectivity index (χ0) is 18.2. The third-order valence-corrected chi connectivity index (χ3v) is 3.36. The molecule has 0 amide bonds. The van der Waals surface area contributed by atoms with Gasteiger partial charge < -0.3 is 14.2 Å². The molecule has 0 spiro atoms. The van der Waals surface area contributed by atoms with Crippen LogP contribution in [-0.4, -0.2) is 25.2 Å². The monoisotopic (exact) mass is 339 g/mol. The third-order valence-electron chi connectivity index (χ3n) is 3.36. The van der Waals surface area contributed by atoms with Gasteiger partial charge in [0.1, 0.15) is 12.4 Å². The fourth-order valence-electron chi connectivity index (χ4n) is 2.04. The highest BCUT2D eigenvalue weighted by Crippen LogP contribution is 2.14. The van der Waals surface area contributed by atoms with Crippen molar-refractivity contribution in [2.45, 2.75) is 19.6 Å². The van der Waals surface area contributed by atoms with Gasteiger partial charge in [0.2, 0.25) is 0 Å². The third kappa shape index (κ3) is 5.08. The highest BCUT2D eigenvalue weighted by Gasteiger charge is 2.17. The quantitative estimate of drug-likeness (QED) is 0.752. The number of nitrogens with zero attached hydrogens (tertiary/aromatic N) is 1. The van der Waals surface area contributed by atoms with E-state index in [-0.39, 0.29) is 6.61 Å². The van der Waals surface area contributed by atoms with Gasteiger partial charge in [-0.15, -0.1) is 0 Å². The minimum Gasteiger partial charge on any atom is -0.479 e. The summed E-state index contributed by atoms with van der Waals surface area (Å²) in [6, 6.07) is 15.1. The van der Waals surface area contributed by atoms with Crippen molar-refractivity contribution in [3.05, 3.63) is 65.2 Å². The molecule has 0 radical (unpaired) electrons. The molecule has 1 atom stereocenters. The Balaban J connectivity index is 1.90. The number of esters is 2. The molecule has 0 aromatic heterocycles. The lowest BCUT2D eigenvalue weighted by Crippen LogP contribution is -2.26. The number of ether oxygens (including phenoxy) is 3. The van der Waals surface area contributed by atoms with Crippen molar-refractivity contribution < 1.29 is 23.8 Å². The van der Waals surface area contributed by atoms with Gasteiger partial charge in [-0.05, 0) is 48.9 Å². The minimum atomic E-state index is -0.809. The second-order valence-corrected chi connectivity index (χ2v) is 5.20. The summed E-state index contributed by atoms with van der Waals surface area (Å²) in [5.74, 6) is -0.519. The number of methoxy groups -OCH3 is 1. The molecule has 0 aliphatic carbocycles. The molecule has 25 heavy (non-hydrogen) atoms. The van der Waals surface area contributed by atoms with Crippen molar-refractivity contribution in [3.63, 3.8) is 0 Å². The van der Waals surface area contributed by atoms with E-state index in [0.29, 0.717) is 22.4 Å². The molecular formula is C19H17NO5. The molecule has 0 aliphatic heterocycles. The van der Waals surface area contributed by atoms with Gasteiger partial charge in [0.25, 0.3) is 0 Å². The van der Waals surface area contributed by atoms with Gasteiger partial charge in [0.05, 0.1) is 24.3 Å². The molecule has 2 aromatic carbocycles. The molecule has 2 rings (SSSR count). The molecule has 128 valence electrons. The average Bonchev–Trinajstić information content (AvgIpc) is 2.66. The maximum absolute atomic E-state index is 12.0. The number of benzene rings is 2. The molecule has 0 aliphatic rings. The zero-order valence-corrected chi connectivity index (χ0v) is 13.9. The fraction of sp³-hybridized carbons (Fsp3) is 0.211. The number of nitriles is 1. The van der Waals surface area contributed by atoms with E-state index >= 15 is 0 Å². The van der Waals surface area contributed by atoms with Crippen LogP contribution in [-0.2, 0) is 20.9 Å². The highest BCUT2D eigenvalue weighted by atomic mass is 16.6. The van der Waals surface area contributed by atoms with Gasteiger partial charge in [0.15, 0.2) is 6.10 Å². The summed E-state index contributed by atoms with van der Waals surface area (Å²) in [5, 5.41) is 8.75. The number of carbonyl (C=O) groups excluding carboxylic acids is 2. The van der Waals surface area contributed by atoms with Crippen LogP contribution >= 0.6 is 0 Å². The Morgan fingerprint density at radius 1 is 1.16 bits per heavy atom. The van der Waals surface area contributed by atoms with Crippen molar-refractivity contribution in [2.24, 2.45) is 0 Å². The molecule has 2 aromatic rings. The summed E-state index contributed by atoms with van der Waals surface area (Å²) in [5.41, 5.74) is 1.56. The van der Waals surface area contributed by atoms with Crippen LogP contribution in [0.3, 0.4) is 0 Å². The lowest BCUT2D eigenvalue weighted by molar-refractivity contribution is -0.152. The van der Waals surface area contributed by atoms with Crippen LogP contribution in [0.1, 0.15) is 28.4 Å². The SMILES string of the molecule is COC(=O)c1cccc(COC(=O)[C@H](C)Oc2ccc(C#N)cc2)c1. The molecule has 0 saturated heterocycles. The molecule has 0 unspecified atom stereocenters. The predicted molar refractivity (Wildman–Crippen MR) is 88.8 cm³/mol. The van der Waals surface area contributed by atoms with Crippen molar-refractivity contribution in [2.75, 3.05) is 7.11 Å². The Kier molecular flexibility index (Phi) is 6.13. The van der Waals surface area contributed by atoms with Gasteiger partial charge in [-0.3, -0.25) is 0 Å². The first-order valence-corrected chi connectivity index (χ1v) is 7.54. The van der Waals surface area contributed by atoms with Crippen molar-refractivity contribution >= 4 is 11.9 Å². The smallest absolute Gasteiger partial charge is 0.347 e. The normalized spacial score (nSPS) is 11.1. The molecule has 6 nitrogen and oxygen atoms in total. The fourth-order valence-corrected chi connectivity index (χ4v) is 2.04. The van der Waals surface area contributed by atoms with E-state index < -0.39 is 18.0 Å². The Hall–Kier alpha value is -3.33. The van der Waals surface area contributed by atoms with Gasteiger partial charge in [-0.2, -0.15) is 5.26 Å². The van der Waals surface area contributed by atoms with E-state index in [1.807, 2.05) is 6.07 Å². The lowest BCUT2D eigenvalue weighted by Gasteiger charge is -2.14. The van der Waals surface area contributed by atoms with Crippen LogP contribution < -0.4 is 4.74 Å². The molecule has 0 heterocycles. The van der Waals surface area contributed by atoms with E-state index in [2.05, 4.69) is 4.74 Å². The standard InChI is InChI=1S/C19H17NO5/c1-13(25-17-8-6-14(11-20)7-9-17)18(21)24-12-15-4-3-5-16(10-15)19(22)23-2/h3-10,13H,12H2,1-2H3/t13-/m0/s1. The average molecular weight is 339 g/mol. The lowest BCUT2D eigenvalue weighted by atomic mass is 10.1. The van der Waals surface area contributed by atoms with Crippen molar-refractivity contribution in [1.82, 2.24) is 0 Å². The van der Waals surface area contributed by atoms with Crippen LogP contribution in [0, 0.1) is 11.3 Å². The Morgan fingerprint density at radius 3 is 2.52 bits per heavy atom. The van der Waals surface area contributed by atoms with Gasteiger partial charge in [-0.25, -0.2) is 9.59 Å². The van der Waals surface area contributed by atoms with Crippen LogP contribution in [0.4, 0.5) is 0 Å². The summed E-state index contributed by atoms with van der Waals surface area (Å²) < 4.78 is 15.3. The summed E-state index contributed by atoms with van der Waals surface area (Å²) >= 11 is 0. The first-order chi connectivity index (χ1) is 12.0. The second-order valence-electron chi connectivity index (χ2n) is 5.20. The van der Waals surface area contributed by atoms with E-state index in [9.17, 15) is 9.59 Å². The molecular weight excluding hydrogens is 322 g/mol. The molecule has 0 N–H and O–H groups in total. The first-order valence-electron chi connectivity index (χ1n) is 7.54. The molecule has 0 bridgehead atoms. The van der Waals surface area contributed by atoms with Gasteiger partial charge in [0, 0.05) is 0 Å². The first kappa shape index (κ1) is 18.0.